The molecule has 0 aliphatic rings. The van der Waals surface area contributed by atoms with Crippen molar-refractivity contribution in [3.05, 3.63) is 35.9 Å². The van der Waals surface area contributed by atoms with Crippen LogP contribution < -0.4 is 5.32 Å². The second-order valence-electron chi connectivity index (χ2n) is 6.33. The van der Waals surface area contributed by atoms with Crippen LogP contribution in [0.3, 0.4) is 0 Å². The van der Waals surface area contributed by atoms with Gasteiger partial charge < -0.3 is 5.32 Å². The van der Waals surface area contributed by atoms with Crippen molar-refractivity contribution in [1.82, 2.24) is 9.62 Å². The predicted molar refractivity (Wildman–Crippen MR) is 96.9 cm³/mol. The van der Waals surface area contributed by atoms with Gasteiger partial charge in [0, 0.05) is 23.6 Å². The summed E-state index contributed by atoms with van der Waals surface area (Å²) < 4.78 is 25.1. The first-order chi connectivity index (χ1) is 10.6. The molecule has 0 saturated heterocycles. The minimum absolute atomic E-state index is 0.150. The molecule has 0 fully saturated rings. The van der Waals surface area contributed by atoms with Gasteiger partial charge in [0.25, 0.3) is 0 Å². The molecule has 0 unspecified atom stereocenters. The summed E-state index contributed by atoms with van der Waals surface area (Å²) in [5.41, 5.74) is 0.856. The summed E-state index contributed by atoms with van der Waals surface area (Å²) in [4.78, 5) is 12.0. The molecule has 1 rings (SSSR count). The predicted octanol–water partition coefficient (Wildman–Crippen LogP) is 2.10. The normalized spacial score (nSPS) is 12.4. The standard InChI is InChI=1S/C16H26N2O3S2/c1-16(2,3)22-11-10-17-15(19)13-18(23(4,20)21)12-14-8-6-5-7-9-14/h5-9H,10-13H2,1-4H3,(H,17,19). The van der Waals surface area contributed by atoms with Gasteiger partial charge in [-0.1, -0.05) is 51.1 Å². The molecule has 0 heterocycles. The quantitative estimate of drug-likeness (QED) is 0.723. The van der Waals surface area contributed by atoms with Crippen molar-refractivity contribution in [2.24, 2.45) is 0 Å². The molecule has 1 amide bonds. The molecule has 0 radical (unpaired) electrons. The van der Waals surface area contributed by atoms with E-state index in [-0.39, 0.29) is 23.7 Å². The van der Waals surface area contributed by atoms with E-state index in [1.807, 2.05) is 30.3 Å². The molecule has 23 heavy (non-hydrogen) atoms. The Hall–Kier alpha value is -1.05. The van der Waals surface area contributed by atoms with Gasteiger partial charge in [0.1, 0.15) is 0 Å². The number of amides is 1. The smallest absolute Gasteiger partial charge is 0.235 e. The van der Waals surface area contributed by atoms with Gasteiger partial charge in [-0.15, -0.1) is 0 Å². The van der Waals surface area contributed by atoms with Crippen LogP contribution in [0.1, 0.15) is 26.3 Å². The van der Waals surface area contributed by atoms with Crippen molar-refractivity contribution in [3.8, 4) is 0 Å². The van der Waals surface area contributed by atoms with E-state index in [2.05, 4.69) is 26.1 Å². The average Bonchev–Trinajstić information content (AvgIpc) is 2.42. The molecule has 0 aliphatic heterocycles. The van der Waals surface area contributed by atoms with E-state index in [4.69, 9.17) is 0 Å². The van der Waals surface area contributed by atoms with Gasteiger partial charge in [-0.25, -0.2) is 8.42 Å². The zero-order valence-corrected chi connectivity index (χ0v) is 15.8. The highest BCUT2D eigenvalue weighted by atomic mass is 32.2. The molecular formula is C16H26N2O3S2. The first kappa shape index (κ1) is 20.0. The van der Waals surface area contributed by atoms with Crippen LogP contribution in [0.25, 0.3) is 0 Å². The monoisotopic (exact) mass is 358 g/mol. The number of rotatable bonds is 8. The van der Waals surface area contributed by atoms with Crippen LogP contribution in [0.15, 0.2) is 30.3 Å². The van der Waals surface area contributed by atoms with Crippen molar-refractivity contribution in [2.45, 2.75) is 32.1 Å². The highest BCUT2D eigenvalue weighted by Crippen LogP contribution is 2.21. The van der Waals surface area contributed by atoms with Crippen molar-refractivity contribution in [1.29, 1.82) is 0 Å². The summed E-state index contributed by atoms with van der Waals surface area (Å²) in [5, 5.41) is 2.78. The summed E-state index contributed by atoms with van der Waals surface area (Å²) in [6.07, 6.45) is 1.12. The van der Waals surface area contributed by atoms with Crippen molar-refractivity contribution in [3.63, 3.8) is 0 Å². The molecule has 0 saturated carbocycles. The molecule has 1 aromatic rings. The zero-order chi connectivity index (χ0) is 17.5. The number of benzene rings is 1. The Morgan fingerprint density at radius 3 is 2.35 bits per heavy atom. The van der Waals surface area contributed by atoms with Crippen molar-refractivity contribution in [2.75, 3.05) is 25.1 Å². The van der Waals surface area contributed by atoms with Gasteiger partial charge in [-0.2, -0.15) is 16.1 Å². The highest BCUT2D eigenvalue weighted by Gasteiger charge is 2.20. The number of nitrogens with zero attached hydrogens (tertiary/aromatic N) is 1. The van der Waals surface area contributed by atoms with Crippen LogP contribution in [0, 0.1) is 0 Å². The lowest BCUT2D eigenvalue weighted by molar-refractivity contribution is -0.121. The fourth-order valence-corrected chi connectivity index (χ4v) is 3.39. The maximum Gasteiger partial charge on any atom is 0.235 e. The van der Waals surface area contributed by atoms with Crippen LogP contribution in [0.4, 0.5) is 0 Å². The summed E-state index contributed by atoms with van der Waals surface area (Å²) in [5.74, 6) is 0.521. The van der Waals surface area contributed by atoms with Gasteiger partial charge in [0.2, 0.25) is 15.9 Å². The molecular weight excluding hydrogens is 332 g/mol. The number of nitrogens with one attached hydrogen (secondary N) is 1. The molecule has 5 nitrogen and oxygen atoms in total. The summed E-state index contributed by atoms with van der Waals surface area (Å²) in [6, 6.07) is 9.25. The fraction of sp³-hybridized carbons (Fsp3) is 0.562. The molecule has 0 atom stereocenters. The number of sulfonamides is 1. The molecule has 1 N–H and O–H groups in total. The van der Waals surface area contributed by atoms with Crippen LogP contribution in [0.5, 0.6) is 0 Å². The molecule has 7 heteroatoms. The molecule has 0 aromatic heterocycles. The molecule has 0 spiro atoms. The first-order valence-corrected chi connectivity index (χ1v) is 10.3. The van der Waals surface area contributed by atoms with E-state index in [0.717, 1.165) is 17.6 Å². The first-order valence-electron chi connectivity index (χ1n) is 7.47. The summed E-state index contributed by atoms with van der Waals surface area (Å²) in [7, 11) is -3.44. The Balaban J connectivity index is 2.53. The van der Waals surface area contributed by atoms with Gasteiger partial charge in [0.05, 0.1) is 12.8 Å². The number of hydrogen-bond donors (Lipinski definition) is 1. The van der Waals surface area contributed by atoms with Gasteiger partial charge in [-0.3, -0.25) is 4.79 Å². The van der Waals surface area contributed by atoms with E-state index >= 15 is 0 Å². The number of thioether (sulfide) groups is 1. The van der Waals surface area contributed by atoms with E-state index in [9.17, 15) is 13.2 Å². The van der Waals surface area contributed by atoms with Gasteiger partial charge in [0.15, 0.2) is 0 Å². The Labute approximate surface area is 143 Å². The number of carbonyl (C=O) groups is 1. The van der Waals surface area contributed by atoms with E-state index < -0.39 is 10.0 Å². The average molecular weight is 359 g/mol. The van der Waals surface area contributed by atoms with E-state index in [0.29, 0.717) is 6.54 Å². The van der Waals surface area contributed by atoms with Crippen molar-refractivity contribution >= 4 is 27.7 Å². The SMILES string of the molecule is CC(C)(C)SCCNC(=O)CN(Cc1ccccc1)S(C)(=O)=O. The van der Waals surface area contributed by atoms with E-state index in [1.165, 1.54) is 4.31 Å². The largest absolute Gasteiger partial charge is 0.354 e. The van der Waals surface area contributed by atoms with Gasteiger partial charge >= 0.3 is 0 Å². The number of carbonyl (C=O) groups excluding carboxylic acids is 1. The van der Waals surface area contributed by atoms with Crippen LogP contribution in [-0.2, 0) is 21.4 Å². The lowest BCUT2D eigenvalue weighted by Crippen LogP contribution is -2.40. The summed E-state index contributed by atoms with van der Waals surface area (Å²) in [6.45, 7) is 6.92. The third-order valence-electron chi connectivity index (χ3n) is 2.95. The van der Waals surface area contributed by atoms with E-state index in [1.54, 1.807) is 11.8 Å². The van der Waals surface area contributed by atoms with Crippen LogP contribution in [0.2, 0.25) is 0 Å². The third kappa shape index (κ3) is 8.98. The Bertz CT molecular complexity index is 596. The number of hydrogen-bond acceptors (Lipinski definition) is 4. The maximum absolute atomic E-state index is 12.0. The second kappa shape index (κ2) is 8.70. The fourth-order valence-electron chi connectivity index (χ4n) is 1.84. The molecule has 1 aromatic carbocycles. The lowest BCUT2D eigenvalue weighted by atomic mass is 10.2. The maximum atomic E-state index is 12.0. The Kier molecular flexibility index (Phi) is 7.57. The minimum atomic E-state index is -3.44. The molecule has 130 valence electrons. The second-order valence-corrected chi connectivity index (χ2v) is 10.2. The van der Waals surface area contributed by atoms with Gasteiger partial charge in [-0.05, 0) is 5.56 Å². The third-order valence-corrected chi connectivity index (χ3v) is 5.42. The molecule has 0 aliphatic carbocycles. The molecule has 0 bridgehead atoms. The lowest BCUT2D eigenvalue weighted by Gasteiger charge is -2.20. The van der Waals surface area contributed by atoms with Crippen molar-refractivity contribution < 1.29 is 13.2 Å². The highest BCUT2D eigenvalue weighted by molar-refractivity contribution is 8.00. The van der Waals surface area contributed by atoms with Crippen LogP contribution in [-0.4, -0.2) is 48.5 Å². The Morgan fingerprint density at radius 2 is 1.83 bits per heavy atom. The topological polar surface area (TPSA) is 66.5 Å². The van der Waals surface area contributed by atoms with Crippen LogP contribution >= 0.6 is 11.8 Å². The summed E-state index contributed by atoms with van der Waals surface area (Å²) >= 11 is 1.76. The zero-order valence-electron chi connectivity index (χ0n) is 14.2. The Morgan fingerprint density at radius 1 is 1.22 bits per heavy atom. The minimum Gasteiger partial charge on any atom is -0.354 e.